The zero-order chi connectivity index (χ0) is 19.2. The Morgan fingerprint density at radius 2 is 2.19 bits per heavy atom. The number of likely N-dealkylation sites (tertiary alicyclic amines) is 1. The van der Waals surface area contributed by atoms with E-state index in [4.69, 9.17) is 4.74 Å². The Bertz CT molecular complexity index is 771. The molecule has 1 unspecified atom stereocenters. The van der Waals surface area contributed by atoms with E-state index in [9.17, 15) is 4.79 Å². The molecule has 0 radical (unpaired) electrons. The Labute approximate surface area is 161 Å². The molecule has 0 bridgehead atoms. The number of aryl methyl sites for hydroxylation is 1. The molecule has 1 aliphatic heterocycles. The van der Waals surface area contributed by atoms with E-state index in [1.165, 1.54) is 25.8 Å². The van der Waals surface area contributed by atoms with Crippen LogP contribution in [0.5, 0.6) is 5.75 Å². The van der Waals surface area contributed by atoms with E-state index in [1.807, 2.05) is 30.3 Å². The summed E-state index contributed by atoms with van der Waals surface area (Å²) < 4.78 is 6.90. The summed E-state index contributed by atoms with van der Waals surface area (Å²) in [5.74, 6) is 0.696. The first-order valence-electron chi connectivity index (χ1n) is 9.79. The van der Waals surface area contributed by atoms with Crippen molar-refractivity contribution in [1.82, 2.24) is 20.0 Å². The summed E-state index contributed by atoms with van der Waals surface area (Å²) in [5, 5.41) is 7.51. The van der Waals surface area contributed by atoms with Gasteiger partial charge in [-0.2, -0.15) is 5.10 Å². The summed E-state index contributed by atoms with van der Waals surface area (Å²) in [7, 11) is 3.44. The summed E-state index contributed by atoms with van der Waals surface area (Å²) in [4.78, 5) is 15.1. The van der Waals surface area contributed by atoms with Gasteiger partial charge in [0.15, 0.2) is 0 Å². The lowest BCUT2D eigenvalue weighted by molar-refractivity contribution is 0.0939. The number of carbonyl (C=O) groups is 1. The van der Waals surface area contributed by atoms with Crippen molar-refractivity contribution < 1.29 is 9.53 Å². The van der Waals surface area contributed by atoms with Gasteiger partial charge in [0.2, 0.25) is 0 Å². The predicted molar refractivity (Wildman–Crippen MR) is 107 cm³/mol. The van der Waals surface area contributed by atoms with Crippen LogP contribution < -0.4 is 10.1 Å². The first-order chi connectivity index (χ1) is 13.1. The standard InChI is InChI=1S/C21H30N4O2/c1-16-8-4-5-12-25(16)13-7-11-22-21(26)20-15-19(23-24(20)2)17-9-6-10-18(14-17)27-3/h6,9-10,14-16H,4-5,7-8,11-13H2,1-3H3,(H,22,26). The summed E-state index contributed by atoms with van der Waals surface area (Å²) in [6, 6.07) is 10.2. The lowest BCUT2D eigenvalue weighted by atomic mass is 10.0. The van der Waals surface area contributed by atoms with Gasteiger partial charge < -0.3 is 15.0 Å². The van der Waals surface area contributed by atoms with Crippen molar-refractivity contribution in [3.8, 4) is 17.0 Å². The predicted octanol–water partition coefficient (Wildman–Crippen LogP) is 3.09. The van der Waals surface area contributed by atoms with Crippen LogP contribution in [-0.2, 0) is 7.05 Å². The van der Waals surface area contributed by atoms with Gasteiger partial charge >= 0.3 is 0 Å². The smallest absolute Gasteiger partial charge is 0.269 e. The van der Waals surface area contributed by atoms with E-state index in [0.29, 0.717) is 18.3 Å². The second-order valence-electron chi connectivity index (χ2n) is 7.26. The SMILES string of the molecule is COc1cccc(-c2cc(C(=O)NCCCN3CCCCC3C)n(C)n2)c1. The molecule has 1 aliphatic rings. The number of methoxy groups -OCH3 is 1. The molecule has 27 heavy (non-hydrogen) atoms. The number of amides is 1. The number of hydrogen-bond donors (Lipinski definition) is 1. The molecule has 2 aromatic rings. The Hall–Kier alpha value is -2.34. The molecule has 1 N–H and O–H groups in total. The second kappa shape index (κ2) is 9.04. The third kappa shape index (κ3) is 4.89. The molecular formula is C21H30N4O2. The number of ether oxygens (including phenoxy) is 1. The number of benzene rings is 1. The van der Waals surface area contributed by atoms with Crippen molar-refractivity contribution in [2.24, 2.45) is 7.05 Å². The van der Waals surface area contributed by atoms with Gasteiger partial charge in [0.25, 0.3) is 5.91 Å². The van der Waals surface area contributed by atoms with Crippen LogP contribution in [0, 0.1) is 0 Å². The first-order valence-corrected chi connectivity index (χ1v) is 9.79. The van der Waals surface area contributed by atoms with Gasteiger partial charge in [0, 0.05) is 31.7 Å². The van der Waals surface area contributed by atoms with E-state index in [1.54, 1.807) is 18.8 Å². The molecule has 0 spiro atoms. The highest BCUT2D eigenvalue weighted by atomic mass is 16.5. The van der Waals surface area contributed by atoms with Crippen molar-refractivity contribution in [3.63, 3.8) is 0 Å². The molecule has 1 aromatic carbocycles. The van der Waals surface area contributed by atoms with Gasteiger partial charge in [-0.15, -0.1) is 0 Å². The quantitative estimate of drug-likeness (QED) is 0.761. The number of rotatable bonds is 7. The van der Waals surface area contributed by atoms with Crippen molar-refractivity contribution in [3.05, 3.63) is 36.0 Å². The normalized spacial score (nSPS) is 17.7. The number of carbonyl (C=O) groups excluding carboxylic acids is 1. The van der Waals surface area contributed by atoms with Crippen molar-refractivity contribution in [1.29, 1.82) is 0 Å². The van der Waals surface area contributed by atoms with Gasteiger partial charge in [0.1, 0.15) is 11.4 Å². The fourth-order valence-electron chi connectivity index (χ4n) is 3.67. The van der Waals surface area contributed by atoms with Gasteiger partial charge in [-0.3, -0.25) is 9.48 Å². The third-order valence-corrected chi connectivity index (χ3v) is 5.33. The Balaban J connectivity index is 1.54. The number of nitrogens with one attached hydrogen (secondary N) is 1. The van der Waals surface area contributed by atoms with E-state index >= 15 is 0 Å². The number of hydrogen-bond acceptors (Lipinski definition) is 4. The van der Waals surface area contributed by atoms with Gasteiger partial charge in [-0.25, -0.2) is 0 Å². The van der Waals surface area contributed by atoms with Gasteiger partial charge in [0.05, 0.1) is 12.8 Å². The Morgan fingerprint density at radius 3 is 2.96 bits per heavy atom. The summed E-state index contributed by atoms with van der Waals surface area (Å²) in [6.45, 7) is 5.21. The molecule has 1 saturated heterocycles. The van der Waals surface area contributed by atoms with Crippen LogP contribution in [0.15, 0.2) is 30.3 Å². The lowest BCUT2D eigenvalue weighted by Gasteiger charge is -2.33. The molecule has 6 nitrogen and oxygen atoms in total. The maximum atomic E-state index is 12.5. The molecule has 146 valence electrons. The van der Waals surface area contributed by atoms with Crippen LogP contribution in [0.25, 0.3) is 11.3 Å². The molecule has 0 aliphatic carbocycles. The maximum Gasteiger partial charge on any atom is 0.269 e. The Morgan fingerprint density at radius 1 is 1.33 bits per heavy atom. The fraction of sp³-hybridized carbons (Fsp3) is 0.524. The first kappa shape index (κ1) is 19.4. The average molecular weight is 370 g/mol. The minimum atomic E-state index is -0.0779. The van der Waals surface area contributed by atoms with Crippen LogP contribution in [0.4, 0.5) is 0 Å². The molecule has 6 heteroatoms. The highest BCUT2D eigenvalue weighted by Gasteiger charge is 2.18. The summed E-state index contributed by atoms with van der Waals surface area (Å²) in [6.07, 6.45) is 4.88. The van der Waals surface area contributed by atoms with E-state index in [2.05, 4.69) is 22.2 Å². The minimum Gasteiger partial charge on any atom is -0.497 e. The van der Waals surface area contributed by atoms with E-state index in [-0.39, 0.29) is 5.91 Å². The average Bonchev–Trinajstić information content (AvgIpc) is 3.08. The minimum absolute atomic E-state index is 0.0779. The van der Waals surface area contributed by atoms with Crippen LogP contribution in [0.1, 0.15) is 43.1 Å². The second-order valence-corrected chi connectivity index (χ2v) is 7.26. The molecule has 3 rings (SSSR count). The highest BCUT2D eigenvalue weighted by Crippen LogP contribution is 2.23. The van der Waals surface area contributed by atoms with E-state index < -0.39 is 0 Å². The zero-order valence-corrected chi connectivity index (χ0v) is 16.6. The van der Waals surface area contributed by atoms with Crippen LogP contribution in [0.2, 0.25) is 0 Å². The van der Waals surface area contributed by atoms with Gasteiger partial charge in [-0.05, 0) is 50.9 Å². The van der Waals surface area contributed by atoms with Crippen LogP contribution in [0.3, 0.4) is 0 Å². The monoisotopic (exact) mass is 370 g/mol. The summed E-state index contributed by atoms with van der Waals surface area (Å²) >= 11 is 0. The topological polar surface area (TPSA) is 59.4 Å². The molecule has 1 fully saturated rings. The summed E-state index contributed by atoms with van der Waals surface area (Å²) in [5.41, 5.74) is 2.27. The molecule has 1 atom stereocenters. The largest absolute Gasteiger partial charge is 0.497 e. The van der Waals surface area contributed by atoms with Crippen LogP contribution in [-0.4, -0.2) is 53.4 Å². The van der Waals surface area contributed by atoms with Crippen molar-refractivity contribution >= 4 is 5.91 Å². The Kier molecular flexibility index (Phi) is 6.50. The van der Waals surface area contributed by atoms with Crippen molar-refractivity contribution in [2.45, 2.75) is 38.6 Å². The third-order valence-electron chi connectivity index (χ3n) is 5.33. The molecule has 2 heterocycles. The lowest BCUT2D eigenvalue weighted by Crippen LogP contribution is -2.39. The van der Waals surface area contributed by atoms with Crippen LogP contribution >= 0.6 is 0 Å². The highest BCUT2D eigenvalue weighted by molar-refractivity contribution is 5.93. The zero-order valence-electron chi connectivity index (χ0n) is 16.6. The van der Waals surface area contributed by atoms with E-state index in [0.717, 1.165) is 30.0 Å². The molecule has 1 amide bonds. The molecular weight excluding hydrogens is 340 g/mol. The number of aromatic nitrogens is 2. The maximum absolute atomic E-state index is 12.5. The van der Waals surface area contributed by atoms with Gasteiger partial charge in [-0.1, -0.05) is 18.6 Å². The van der Waals surface area contributed by atoms with Crippen molar-refractivity contribution in [2.75, 3.05) is 26.7 Å². The fourth-order valence-corrected chi connectivity index (χ4v) is 3.67. The number of nitrogens with zero attached hydrogens (tertiary/aromatic N) is 3. The molecule has 0 saturated carbocycles. The number of piperidine rings is 1. The molecule has 1 aromatic heterocycles.